The molecule has 0 bridgehead atoms. The number of methoxy groups -OCH3 is 2. The minimum absolute atomic E-state index is 0.0699. The van der Waals surface area contributed by atoms with Gasteiger partial charge >= 0.3 is 0 Å². The Morgan fingerprint density at radius 3 is 2.68 bits per heavy atom. The second-order valence-electron chi connectivity index (χ2n) is 7.60. The van der Waals surface area contributed by atoms with Gasteiger partial charge in [0.2, 0.25) is 18.3 Å². The molecule has 1 aliphatic rings. The van der Waals surface area contributed by atoms with Crippen LogP contribution in [-0.2, 0) is 0 Å². The van der Waals surface area contributed by atoms with Gasteiger partial charge in [-0.05, 0) is 43.7 Å². The second kappa shape index (κ2) is 8.71. The van der Waals surface area contributed by atoms with E-state index >= 15 is 0 Å². The van der Waals surface area contributed by atoms with Gasteiger partial charge in [-0.25, -0.2) is 10.4 Å². The van der Waals surface area contributed by atoms with Crippen molar-refractivity contribution in [1.29, 1.82) is 0 Å². The molecule has 0 unspecified atom stereocenters. The van der Waals surface area contributed by atoms with E-state index < -0.39 is 0 Å². The Balaban J connectivity index is 1.50. The summed E-state index contributed by atoms with van der Waals surface area (Å²) in [6.45, 7) is 4.04. The van der Waals surface area contributed by atoms with E-state index in [9.17, 15) is 4.79 Å². The lowest BCUT2D eigenvalue weighted by atomic mass is 10.1. The standard InChI is InChI=1S/C24H22N4O5S/c1-13-9-14(2)26-24-17(13)18(28-7-5-6-8-28)22(34-24)23(29)27-25-11-15-10-16(30-3)20-21(19(15)31-4)33-12-32-20/h5-11H,12H2,1-4H3,(H,27,29). The number of fused-ring (bicyclic) bond motifs is 2. The molecule has 5 rings (SSSR count). The van der Waals surface area contributed by atoms with E-state index in [4.69, 9.17) is 18.9 Å². The topological polar surface area (TPSA) is 96.2 Å². The predicted octanol–water partition coefficient (Wildman–Crippen LogP) is 4.21. The van der Waals surface area contributed by atoms with E-state index in [1.807, 2.05) is 49.0 Å². The Morgan fingerprint density at radius 2 is 1.94 bits per heavy atom. The number of aromatic nitrogens is 2. The molecule has 4 heterocycles. The summed E-state index contributed by atoms with van der Waals surface area (Å²) in [6, 6.07) is 7.56. The Hall–Kier alpha value is -4.05. The minimum Gasteiger partial charge on any atom is -0.493 e. The third-order valence-electron chi connectivity index (χ3n) is 5.42. The molecule has 4 aromatic rings. The van der Waals surface area contributed by atoms with E-state index in [-0.39, 0.29) is 12.7 Å². The maximum Gasteiger partial charge on any atom is 0.283 e. The van der Waals surface area contributed by atoms with E-state index in [0.717, 1.165) is 27.2 Å². The number of hydrazone groups is 1. The minimum atomic E-state index is -0.341. The molecule has 9 nitrogen and oxygen atoms in total. The first-order valence-corrected chi connectivity index (χ1v) is 11.3. The second-order valence-corrected chi connectivity index (χ2v) is 8.60. The Morgan fingerprint density at radius 1 is 1.18 bits per heavy atom. The number of ether oxygens (including phenoxy) is 4. The third-order valence-corrected chi connectivity index (χ3v) is 6.49. The first kappa shape index (κ1) is 21.8. The maximum atomic E-state index is 13.2. The van der Waals surface area contributed by atoms with Crippen molar-refractivity contribution in [2.24, 2.45) is 5.10 Å². The van der Waals surface area contributed by atoms with Crippen molar-refractivity contribution in [3.05, 3.63) is 58.4 Å². The number of hydrogen-bond donors (Lipinski definition) is 1. The highest BCUT2D eigenvalue weighted by Crippen LogP contribution is 2.49. The molecule has 34 heavy (non-hydrogen) atoms. The number of amides is 1. The molecule has 0 radical (unpaired) electrons. The van der Waals surface area contributed by atoms with Crippen LogP contribution in [0.5, 0.6) is 23.0 Å². The van der Waals surface area contributed by atoms with E-state index in [1.54, 1.807) is 6.07 Å². The van der Waals surface area contributed by atoms with Crippen LogP contribution in [0, 0.1) is 13.8 Å². The van der Waals surface area contributed by atoms with Gasteiger partial charge < -0.3 is 23.5 Å². The van der Waals surface area contributed by atoms with E-state index in [2.05, 4.69) is 15.5 Å². The molecule has 0 aliphatic carbocycles. The van der Waals surface area contributed by atoms with Gasteiger partial charge in [0, 0.05) is 29.0 Å². The smallest absolute Gasteiger partial charge is 0.283 e. The Bertz CT molecular complexity index is 1430. The van der Waals surface area contributed by atoms with Crippen LogP contribution in [-0.4, -0.2) is 42.7 Å². The molecule has 0 atom stereocenters. The number of carbonyl (C=O) groups is 1. The van der Waals surface area contributed by atoms with Crippen molar-refractivity contribution < 1.29 is 23.7 Å². The molecule has 0 fully saturated rings. The highest BCUT2D eigenvalue weighted by Gasteiger charge is 2.27. The highest BCUT2D eigenvalue weighted by atomic mass is 32.1. The summed E-state index contributed by atoms with van der Waals surface area (Å²) in [5, 5.41) is 5.13. The number of carbonyl (C=O) groups excluding carboxylic acids is 1. The van der Waals surface area contributed by atoms with E-state index in [0.29, 0.717) is 33.4 Å². The predicted molar refractivity (Wildman–Crippen MR) is 129 cm³/mol. The molecule has 1 aromatic carbocycles. The number of thiophene rings is 1. The van der Waals surface area contributed by atoms with Crippen LogP contribution in [0.1, 0.15) is 26.5 Å². The zero-order valence-electron chi connectivity index (χ0n) is 19.0. The largest absolute Gasteiger partial charge is 0.493 e. The summed E-state index contributed by atoms with van der Waals surface area (Å²) in [4.78, 5) is 19.2. The summed E-state index contributed by atoms with van der Waals surface area (Å²) < 4.78 is 23.8. The summed E-state index contributed by atoms with van der Waals surface area (Å²) in [6.07, 6.45) is 5.30. The third kappa shape index (κ3) is 3.61. The van der Waals surface area contributed by atoms with Crippen molar-refractivity contribution in [1.82, 2.24) is 15.0 Å². The van der Waals surface area contributed by atoms with Gasteiger partial charge in [0.15, 0.2) is 11.5 Å². The van der Waals surface area contributed by atoms with E-state index in [1.165, 1.54) is 31.8 Å². The molecule has 3 aromatic heterocycles. The van der Waals surface area contributed by atoms with Gasteiger partial charge in [-0.15, -0.1) is 11.3 Å². The van der Waals surface area contributed by atoms with Crippen LogP contribution in [0.3, 0.4) is 0 Å². The van der Waals surface area contributed by atoms with Crippen molar-refractivity contribution >= 4 is 33.7 Å². The molecule has 1 N–H and O–H groups in total. The maximum absolute atomic E-state index is 13.2. The average molecular weight is 479 g/mol. The van der Waals surface area contributed by atoms with Crippen LogP contribution in [0.15, 0.2) is 41.8 Å². The molecular formula is C24H22N4O5S. The fourth-order valence-electron chi connectivity index (χ4n) is 4.01. The fourth-order valence-corrected chi connectivity index (χ4v) is 5.19. The highest BCUT2D eigenvalue weighted by molar-refractivity contribution is 7.21. The quantitative estimate of drug-likeness (QED) is 0.329. The normalized spacial score (nSPS) is 12.5. The summed E-state index contributed by atoms with van der Waals surface area (Å²) >= 11 is 1.34. The molecule has 1 aliphatic heterocycles. The summed E-state index contributed by atoms with van der Waals surface area (Å²) in [5.74, 6) is 1.49. The Kier molecular flexibility index (Phi) is 5.58. The van der Waals surface area contributed by atoms with Gasteiger partial charge in [0.05, 0.1) is 26.1 Å². The number of rotatable bonds is 6. The number of aryl methyl sites for hydroxylation is 2. The number of hydrogen-bond acceptors (Lipinski definition) is 8. The molecular weight excluding hydrogens is 456 g/mol. The van der Waals surface area contributed by atoms with Gasteiger partial charge in [-0.1, -0.05) is 0 Å². The van der Waals surface area contributed by atoms with Crippen molar-refractivity contribution in [2.45, 2.75) is 13.8 Å². The van der Waals surface area contributed by atoms with Crippen LogP contribution >= 0.6 is 11.3 Å². The molecule has 1 amide bonds. The molecule has 0 spiro atoms. The molecule has 0 saturated carbocycles. The number of nitrogens with one attached hydrogen (secondary N) is 1. The molecule has 10 heteroatoms. The summed E-state index contributed by atoms with van der Waals surface area (Å²) in [7, 11) is 3.06. The van der Waals surface area contributed by atoms with Crippen LogP contribution in [0.4, 0.5) is 0 Å². The van der Waals surface area contributed by atoms with Gasteiger partial charge in [-0.3, -0.25) is 4.79 Å². The molecule has 174 valence electrons. The van der Waals surface area contributed by atoms with Gasteiger partial charge in [0.1, 0.15) is 9.71 Å². The van der Waals surface area contributed by atoms with Crippen LogP contribution in [0.25, 0.3) is 15.9 Å². The lowest BCUT2D eigenvalue weighted by Crippen LogP contribution is -2.18. The Labute approximate surface area is 199 Å². The average Bonchev–Trinajstić information content (AvgIpc) is 3.57. The summed E-state index contributed by atoms with van der Waals surface area (Å²) in [5.41, 5.74) is 5.94. The monoisotopic (exact) mass is 478 g/mol. The van der Waals surface area contributed by atoms with Crippen LogP contribution < -0.4 is 24.4 Å². The van der Waals surface area contributed by atoms with Gasteiger partial charge in [-0.2, -0.15) is 5.10 Å². The first-order chi connectivity index (χ1) is 16.5. The zero-order valence-corrected chi connectivity index (χ0v) is 19.9. The van der Waals surface area contributed by atoms with Crippen molar-refractivity contribution in [3.8, 4) is 28.7 Å². The van der Waals surface area contributed by atoms with Crippen molar-refractivity contribution in [3.63, 3.8) is 0 Å². The number of benzene rings is 1. The fraction of sp³-hybridized carbons (Fsp3) is 0.208. The van der Waals surface area contributed by atoms with Crippen LogP contribution in [0.2, 0.25) is 0 Å². The lowest BCUT2D eigenvalue weighted by Gasteiger charge is -2.11. The first-order valence-electron chi connectivity index (χ1n) is 10.4. The number of pyridine rings is 1. The molecule has 0 saturated heterocycles. The van der Waals surface area contributed by atoms with Crippen molar-refractivity contribution in [2.75, 3.05) is 21.0 Å². The SMILES string of the molecule is COc1cc(C=NNC(=O)c2sc3nc(C)cc(C)c3c2-n2cccc2)c(OC)c2c1OCO2. The van der Waals surface area contributed by atoms with Gasteiger partial charge in [0.25, 0.3) is 5.91 Å². The number of nitrogens with zero attached hydrogens (tertiary/aromatic N) is 3. The zero-order chi connectivity index (χ0) is 23.8. The lowest BCUT2D eigenvalue weighted by molar-refractivity contribution is 0.0959.